The second kappa shape index (κ2) is 8.45. The van der Waals surface area contributed by atoms with E-state index in [0.717, 1.165) is 5.56 Å². The Morgan fingerprint density at radius 1 is 0.972 bits per heavy atom. The van der Waals surface area contributed by atoms with Crippen LogP contribution >= 0.6 is 0 Å². The second-order valence-corrected chi connectivity index (χ2v) is 9.20. The largest absolute Gasteiger partial charge is 0.370 e. The van der Waals surface area contributed by atoms with Crippen LogP contribution in [0.15, 0.2) is 73.3 Å². The summed E-state index contributed by atoms with van der Waals surface area (Å²) in [5.74, 6) is 0.0788. The quantitative estimate of drug-likeness (QED) is 0.470. The molecule has 0 radical (unpaired) electrons. The van der Waals surface area contributed by atoms with Crippen LogP contribution in [0.2, 0.25) is 0 Å². The number of nitrogens with one attached hydrogen (secondary N) is 1. The molecular weight excluding hydrogens is 462 g/mol. The van der Waals surface area contributed by atoms with Crippen molar-refractivity contribution < 1.29 is 23.7 Å². The van der Waals surface area contributed by atoms with Crippen LogP contribution < -0.4 is 5.32 Å². The number of imidazole rings is 1. The standard InChI is InChI=1S/C26H23N5O5/c32-24(16-7-3-1-4-8-16)30-22-19-23(28-14-27-22)31(15-29-19)18-11-35-26-12-33-20(18)21(26)36-25(34-13-26)17-9-5-2-6-10-17/h1-10,14-15,18,20-21,25H,11-13H2,(H,27,28,30,32)/t18-,20+,21?,25+,26?/m0/s1. The van der Waals surface area contributed by atoms with Crippen molar-refractivity contribution in [1.82, 2.24) is 19.5 Å². The van der Waals surface area contributed by atoms with Gasteiger partial charge in [-0.2, -0.15) is 0 Å². The third kappa shape index (κ3) is 3.41. The number of fused-ring (bicyclic) bond motifs is 1. The Morgan fingerprint density at radius 2 is 1.75 bits per heavy atom. The van der Waals surface area contributed by atoms with Crippen molar-refractivity contribution in [2.45, 2.75) is 30.1 Å². The molecule has 3 fully saturated rings. The second-order valence-electron chi connectivity index (χ2n) is 9.20. The molecule has 3 saturated heterocycles. The normalized spacial score (nSPS) is 29.1. The first kappa shape index (κ1) is 21.6. The van der Waals surface area contributed by atoms with E-state index in [0.29, 0.717) is 42.4 Å². The number of aromatic nitrogens is 4. The molecule has 2 aromatic heterocycles. The highest BCUT2D eigenvalue weighted by molar-refractivity contribution is 6.06. The molecule has 4 aromatic rings. The average molecular weight is 486 g/mol. The number of amides is 1. The molecule has 2 unspecified atom stereocenters. The molecule has 5 atom stereocenters. The molecule has 2 bridgehead atoms. The summed E-state index contributed by atoms with van der Waals surface area (Å²) in [5, 5.41) is 2.85. The molecule has 0 aliphatic carbocycles. The van der Waals surface area contributed by atoms with Crippen LogP contribution in [-0.2, 0) is 18.9 Å². The smallest absolute Gasteiger partial charge is 0.256 e. The summed E-state index contributed by atoms with van der Waals surface area (Å²) < 4.78 is 27.0. The highest BCUT2D eigenvalue weighted by Crippen LogP contribution is 2.47. The molecule has 0 spiro atoms. The summed E-state index contributed by atoms with van der Waals surface area (Å²) in [6, 6.07) is 18.6. The Bertz CT molecular complexity index is 1410. The molecule has 1 N–H and O–H groups in total. The Kier molecular flexibility index (Phi) is 5.07. The van der Waals surface area contributed by atoms with E-state index in [1.807, 2.05) is 53.1 Å². The molecule has 7 rings (SSSR count). The Labute approximate surface area is 206 Å². The van der Waals surface area contributed by atoms with Gasteiger partial charge in [-0.25, -0.2) is 15.0 Å². The first-order valence-electron chi connectivity index (χ1n) is 11.8. The number of benzene rings is 2. The first-order chi connectivity index (χ1) is 17.7. The number of anilines is 1. The van der Waals surface area contributed by atoms with Crippen LogP contribution in [0.5, 0.6) is 0 Å². The number of nitrogens with zero attached hydrogens (tertiary/aromatic N) is 4. The van der Waals surface area contributed by atoms with Crippen molar-refractivity contribution in [2.24, 2.45) is 0 Å². The van der Waals surface area contributed by atoms with E-state index >= 15 is 0 Å². The lowest BCUT2D eigenvalue weighted by atomic mass is 9.89. The van der Waals surface area contributed by atoms with Crippen LogP contribution in [0.3, 0.4) is 0 Å². The van der Waals surface area contributed by atoms with Crippen molar-refractivity contribution in [3.05, 3.63) is 84.4 Å². The number of rotatable bonds is 4. The van der Waals surface area contributed by atoms with Gasteiger partial charge >= 0.3 is 0 Å². The summed E-state index contributed by atoms with van der Waals surface area (Å²) in [5.41, 5.74) is 1.92. The van der Waals surface area contributed by atoms with E-state index in [-0.39, 0.29) is 24.2 Å². The lowest BCUT2D eigenvalue weighted by molar-refractivity contribution is -0.311. The summed E-state index contributed by atoms with van der Waals surface area (Å²) in [4.78, 5) is 26.0. The lowest BCUT2D eigenvalue weighted by Crippen LogP contribution is -2.60. The van der Waals surface area contributed by atoms with E-state index in [4.69, 9.17) is 18.9 Å². The zero-order valence-electron chi connectivity index (χ0n) is 19.2. The molecule has 3 aliphatic heterocycles. The third-order valence-corrected chi connectivity index (χ3v) is 7.06. The van der Waals surface area contributed by atoms with E-state index in [1.54, 1.807) is 18.5 Å². The van der Waals surface area contributed by atoms with Crippen LogP contribution in [0, 0.1) is 0 Å². The van der Waals surface area contributed by atoms with Gasteiger partial charge in [-0.05, 0) is 12.1 Å². The van der Waals surface area contributed by atoms with Gasteiger partial charge in [-0.1, -0.05) is 48.5 Å². The summed E-state index contributed by atoms with van der Waals surface area (Å²) in [7, 11) is 0. The van der Waals surface area contributed by atoms with Crippen molar-refractivity contribution in [3.8, 4) is 0 Å². The van der Waals surface area contributed by atoms with Crippen LogP contribution in [0.4, 0.5) is 5.82 Å². The minimum atomic E-state index is -0.632. The Hall–Kier alpha value is -3.70. The fourth-order valence-electron chi connectivity index (χ4n) is 5.22. The van der Waals surface area contributed by atoms with Crippen LogP contribution in [0.25, 0.3) is 11.2 Å². The molecular formula is C26H23N5O5. The van der Waals surface area contributed by atoms with E-state index in [2.05, 4.69) is 20.3 Å². The van der Waals surface area contributed by atoms with Gasteiger partial charge in [0.1, 0.15) is 24.1 Å². The molecule has 5 heterocycles. The number of ether oxygens (including phenoxy) is 4. The first-order valence-corrected chi connectivity index (χ1v) is 11.8. The SMILES string of the molecule is O=C(Nc1ncnc2c1ncn2[C@H]1COC23CO[C@@H](c4ccccc4)OC2[C@@H]1OC3)c1ccccc1. The predicted molar refractivity (Wildman–Crippen MR) is 127 cm³/mol. The number of carbonyl (C=O) groups excluding carboxylic acids is 1. The Morgan fingerprint density at radius 3 is 2.58 bits per heavy atom. The molecule has 10 heteroatoms. The fraction of sp³-hybridized carbons (Fsp3) is 0.308. The predicted octanol–water partition coefficient (Wildman–Crippen LogP) is 2.90. The molecule has 0 saturated carbocycles. The highest BCUT2D eigenvalue weighted by Gasteiger charge is 2.61. The lowest BCUT2D eigenvalue weighted by Gasteiger charge is -2.46. The minimum absolute atomic E-state index is 0.224. The minimum Gasteiger partial charge on any atom is -0.370 e. The van der Waals surface area contributed by atoms with Crippen LogP contribution in [-0.4, -0.2) is 63.1 Å². The maximum absolute atomic E-state index is 12.7. The van der Waals surface area contributed by atoms with E-state index < -0.39 is 11.9 Å². The van der Waals surface area contributed by atoms with E-state index in [9.17, 15) is 4.79 Å². The summed E-state index contributed by atoms with van der Waals surface area (Å²) >= 11 is 0. The topological polar surface area (TPSA) is 110 Å². The van der Waals surface area contributed by atoms with Gasteiger partial charge in [0.05, 0.1) is 32.2 Å². The summed E-state index contributed by atoms with van der Waals surface area (Å²) in [6.45, 7) is 1.17. The molecule has 2 aromatic carbocycles. The average Bonchev–Trinajstić information content (AvgIpc) is 3.48. The van der Waals surface area contributed by atoms with Crippen molar-refractivity contribution in [3.63, 3.8) is 0 Å². The van der Waals surface area contributed by atoms with Gasteiger partial charge in [-0.3, -0.25) is 4.79 Å². The van der Waals surface area contributed by atoms with Crippen LogP contribution in [0.1, 0.15) is 28.3 Å². The molecule has 36 heavy (non-hydrogen) atoms. The summed E-state index contributed by atoms with van der Waals surface area (Å²) in [6.07, 6.45) is 2.03. The maximum atomic E-state index is 12.7. The van der Waals surface area contributed by atoms with Gasteiger partial charge in [0.15, 0.2) is 23.3 Å². The monoisotopic (exact) mass is 485 g/mol. The Balaban J connectivity index is 1.18. The van der Waals surface area contributed by atoms with Crippen molar-refractivity contribution >= 4 is 22.9 Å². The zero-order chi connectivity index (χ0) is 24.1. The van der Waals surface area contributed by atoms with Gasteiger partial charge in [-0.15, -0.1) is 0 Å². The molecule has 10 nitrogen and oxygen atoms in total. The van der Waals surface area contributed by atoms with Gasteiger partial charge < -0.3 is 28.8 Å². The van der Waals surface area contributed by atoms with Gasteiger partial charge in [0.25, 0.3) is 5.91 Å². The third-order valence-electron chi connectivity index (χ3n) is 7.06. The van der Waals surface area contributed by atoms with Gasteiger partial charge in [0, 0.05) is 11.1 Å². The molecule has 1 amide bonds. The van der Waals surface area contributed by atoms with Crippen molar-refractivity contribution in [2.75, 3.05) is 25.1 Å². The fourth-order valence-corrected chi connectivity index (χ4v) is 5.22. The molecule has 3 aliphatic rings. The maximum Gasteiger partial charge on any atom is 0.256 e. The van der Waals surface area contributed by atoms with E-state index in [1.165, 1.54) is 6.33 Å². The van der Waals surface area contributed by atoms with Gasteiger partial charge in [0.2, 0.25) is 0 Å². The number of hydrogen-bond acceptors (Lipinski definition) is 8. The molecule has 182 valence electrons. The van der Waals surface area contributed by atoms with Crippen molar-refractivity contribution in [1.29, 1.82) is 0 Å². The number of hydrogen-bond donors (Lipinski definition) is 1. The number of carbonyl (C=O) groups is 1. The zero-order valence-corrected chi connectivity index (χ0v) is 19.2. The highest BCUT2D eigenvalue weighted by atomic mass is 16.7.